The number of carbonyl (C=O) groups excluding carboxylic acids is 1. The first-order chi connectivity index (χ1) is 7.27. The molecule has 82 valence electrons. The first kappa shape index (κ1) is 10.6. The highest BCUT2D eigenvalue weighted by atomic mass is 32.1. The fraction of sp³-hybridized carbons (Fsp3) is 0.545. The van der Waals surface area contributed by atoms with Crippen LogP contribution in [0.15, 0.2) is 17.5 Å². The molecule has 0 aliphatic carbocycles. The smallest absolute Gasteiger partial charge is 0.249 e. The number of carbonyl (C=O) groups is 1. The molecule has 15 heavy (non-hydrogen) atoms. The predicted molar refractivity (Wildman–Crippen MR) is 59.9 cm³/mol. The Bertz CT molecular complexity index is 317. The SMILES string of the molecule is C[C@H](NC(=O)[C@H]1CCCO1)c1cccs1. The van der Waals surface area contributed by atoms with E-state index in [1.54, 1.807) is 11.3 Å². The molecule has 3 nitrogen and oxygen atoms in total. The molecule has 0 spiro atoms. The zero-order valence-corrected chi connectivity index (χ0v) is 9.55. The average Bonchev–Trinajstić information content (AvgIpc) is 2.91. The first-order valence-electron chi connectivity index (χ1n) is 5.23. The van der Waals surface area contributed by atoms with E-state index in [0.29, 0.717) is 6.61 Å². The number of thiophene rings is 1. The van der Waals surface area contributed by atoms with E-state index in [1.165, 1.54) is 4.88 Å². The van der Waals surface area contributed by atoms with E-state index >= 15 is 0 Å². The minimum absolute atomic E-state index is 0.0217. The lowest BCUT2D eigenvalue weighted by Crippen LogP contribution is -2.35. The topological polar surface area (TPSA) is 38.3 Å². The van der Waals surface area contributed by atoms with Crippen LogP contribution in [0, 0.1) is 0 Å². The van der Waals surface area contributed by atoms with Crippen molar-refractivity contribution in [3.63, 3.8) is 0 Å². The molecular formula is C11H15NO2S. The van der Waals surface area contributed by atoms with Crippen LogP contribution in [0.1, 0.15) is 30.7 Å². The maximum absolute atomic E-state index is 11.7. The Labute approximate surface area is 93.4 Å². The summed E-state index contributed by atoms with van der Waals surface area (Å²) in [5.74, 6) is 0.0217. The van der Waals surface area contributed by atoms with Crippen molar-refractivity contribution in [3.05, 3.63) is 22.4 Å². The van der Waals surface area contributed by atoms with E-state index in [-0.39, 0.29) is 18.1 Å². The molecule has 1 aliphatic heterocycles. The lowest BCUT2D eigenvalue weighted by atomic mass is 10.2. The summed E-state index contributed by atoms with van der Waals surface area (Å²) in [6.07, 6.45) is 1.61. The van der Waals surface area contributed by atoms with Gasteiger partial charge in [0.05, 0.1) is 6.04 Å². The van der Waals surface area contributed by atoms with Crippen LogP contribution in [0.25, 0.3) is 0 Å². The largest absolute Gasteiger partial charge is 0.368 e. The molecule has 4 heteroatoms. The zero-order chi connectivity index (χ0) is 10.7. The Morgan fingerprint density at radius 2 is 2.60 bits per heavy atom. The second-order valence-corrected chi connectivity index (χ2v) is 4.73. The van der Waals surface area contributed by atoms with Crippen LogP contribution in [-0.4, -0.2) is 18.6 Å². The number of rotatable bonds is 3. The molecule has 0 saturated carbocycles. The van der Waals surface area contributed by atoms with Crippen LogP contribution in [0.3, 0.4) is 0 Å². The fourth-order valence-electron chi connectivity index (χ4n) is 1.70. The van der Waals surface area contributed by atoms with Gasteiger partial charge in [-0.2, -0.15) is 0 Å². The maximum Gasteiger partial charge on any atom is 0.249 e. The summed E-state index contributed by atoms with van der Waals surface area (Å²) in [6, 6.07) is 4.11. The normalized spacial score (nSPS) is 22.6. The van der Waals surface area contributed by atoms with Gasteiger partial charge in [0.1, 0.15) is 6.10 Å². The molecule has 0 bridgehead atoms. The van der Waals surface area contributed by atoms with E-state index in [0.717, 1.165) is 12.8 Å². The molecular weight excluding hydrogens is 210 g/mol. The second-order valence-electron chi connectivity index (χ2n) is 3.75. The van der Waals surface area contributed by atoms with Gasteiger partial charge in [-0.25, -0.2) is 0 Å². The summed E-state index contributed by atoms with van der Waals surface area (Å²) in [7, 11) is 0. The summed E-state index contributed by atoms with van der Waals surface area (Å²) in [5, 5.41) is 4.99. The van der Waals surface area contributed by atoms with Crippen LogP contribution in [0.2, 0.25) is 0 Å². The van der Waals surface area contributed by atoms with Gasteiger partial charge in [-0.1, -0.05) is 6.07 Å². The van der Waals surface area contributed by atoms with E-state index in [9.17, 15) is 4.79 Å². The van der Waals surface area contributed by atoms with Gasteiger partial charge in [0, 0.05) is 11.5 Å². The minimum Gasteiger partial charge on any atom is -0.368 e. The van der Waals surface area contributed by atoms with Crippen LogP contribution in [-0.2, 0) is 9.53 Å². The van der Waals surface area contributed by atoms with Crippen molar-refractivity contribution in [1.82, 2.24) is 5.32 Å². The monoisotopic (exact) mass is 225 g/mol. The van der Waals surface area contributed by atoms with Gasteiger partial charge in [0.25, 0.3) is 0 Å². The molecule has 1 saturated heterocycles. The van der Waals surface area contributed by atoms with Gasteiger partial charge in [-0.15, -0.1) is 11.3 Å². The van der Waals surface area contributed by atoms with Crippen molar-refractivity contribution in [3.8, 4) is 0 Å². The number of hydrogen-bond acceptors (Lipinski definition) is 3. The molecule has 1 N–H and O–H groups in total. The Morgan fingerprint density at radius 1 is 1.73 bits per heavy atom. The van der Waals surface area contributed by atoms with Crippen molar-refractivity contribution < 1.29 is 9.53 Å². The molecule has 1 fully saturated rings. The van der Waals surface area contributed by atoms with E-state index in [1.807, 2.05) is 24.4 Å². The van der Waals surface area contributed by atoms with Crippen molar-refractivity contribution in [2.75, 3.05) is 6.61 Å². The van der Waals surface area contributed by atoms with Crippen LogP contribution in [0.5, 0.6) is 0 Å². The molecule has 0 aromatic carbocycles. The number of nitrogens with one attached hydrogen (secondary N) is 1. The third-order valence-corrected chi connectivity index (χ3v) is 3.61. The summed E-state index contributed by atoms with van der Waals surface area (Å²) in [4.78, 5) is 12.9. The number of amides is 1. The highest BCUT2D eigenvalue weighted by Gasteiger charge is 2.24. The van der Waals surface area contributed by atoms with Crippen molar-refractivity contribution in [1.29, 1.82) is 0 Å². The van der Waals surface area contributed by atoms with Crippen LogP contribution >= 0.6 is 11.3 Å². The van der Waals surface area contributed by atoms with Gasteiger partial charge < -0.3 is 10.1 Å². The lowest BCUT2D eigenvalue weighted by Gasteiger charge is -2.15. The van der Waals surface area contributed by atoms with Gasteiger partial charge >= 0.3 is 0 Å². The number of ether oxygens (including phenoxy) is 1. The Morgan fingerprint density at radius 3 is 3.20 bits per heavy atom. The van der Waals surface area contributed by atoms with E-state index < -0.39 is 0 Å². The summed E-state index contributed by atoms with van der Waals surface area (Å²) in [6.45, 7) is 2.71. The van der Waals surface area contributed by atoms with Crippen molar-refractivity contribution in [2.45, 2.75) is 31.9 Å². The first-order valence-corrected chi connectivity index (χ1v) is 6.10. The molecule has 0 radical (unpaired) electrons. The highest BCUT2D eigenvalue weighted by molar-refractivity contribution is 7.10. The molecule has 1 aromatic rings. The molecule has 1 aliphatic rings. The molecule has 1 amide bonds. The predicted octanol–water partition coefficient (Wildman–Crippen LogP) is 2.10. The summed E-state index contributed by atoms with van der Waals surface area (Å²) < 4.78 is 5.32. The standard InChI is InChI=1S/C11H15NO2S/c1-8(10-5-3-7-15-10)12-11(13)9-4-2-6-14-9/h3,5,7-9H,2,4,6H2,1H3,(H,12,13)/t8-,9+/m0/s1. The van der Waals surface area contributed by atoms with Crippen LogP contribution in [0.4, 0.5) is 0 Å². The quantitative estimate of drug-likeness (QED) is 0.855. The number of hydrogen-bond donors (Lipinski definition) is 1. The Kier molecular flexibility index (Phi) is 3.38. The lowest BCUT2D eigenvalue weighted by molar-refractivity contribution is -0.130. The second kappa shape index (κ2) is 4.77. The Balaban J connectivity index is 1.88. The van der Waals surface area contributed by atoms with Crippen LogP contribution < -0.4 is 5.32 Å². The average molecular weight is 225 g/mol. The Hall–Kier alpha value is -0.870. The van der Waals surface area contributed by atoms with Crippen molar-refractivity contribution in [2.24, 2.45) is 0 Å². The van der Waals surface area contributed by atoms with E-state index in [4.69, 9.17) is 4.74 Å². The van der Waals surface area contributed by atoms with Gasteiger partial charge in [0.2, 0.25) is 5.91 Å². The fourth-order valence-corrected chi connectivity index (χ4v) is 2.43. The molecule has 2 rings (SSSR count). The highest BCUT2D eigenvalue weighted by Crippen LogP contribution is 2.19. The molecule has 2 atom stereocenters. The third-order valence-electron chi connectivity index (χ3n) is 2.55. The van der Waals surface area contributed by atoms with E-state index in [2.05, 4.69) is 5.32 Å². The zero-order valence-electron chi connectivity index (χ0n) is 8.73. The molecule has 1 aromatic heterocycles. The summed E-state index contributed by atoms with van der Waals surface area (Å²) >= 11 is 1.66. The van der Waals surface area contributed by atoms with Crippen molar-refractivity contribution >= 4 is 17.2 Å². The van der Waals surface area contributed by atoms with Gasteiger partial charge in [-0.3, -0.25) is 4.79 Å². The minimum atomic E-state index is -0.229. The summed E-state index contributed by atoms with van der Waals surface area (Å²) in [5.41, 5.74) is 0. The van der Waals surface area contributed by atoms with Gasteiger partial charge in [0.15, 0.2) is 0 Å². The molecule has 0 unspecified atom stereocenters. The molecule has 2 heterocycles. The third kappa shape index (κ3) is 2.58. The maximum atomic E-state index is 11.7. The van der Waals surface area contributed by atoms with Gasteiger partial charge in [-0.05, 0) is 31.2 Å².